The molecule has 0 saturated heterocycles. The zero-order valence-corrected chi connectivity index (χ0v) is 12.1. The summed E-state index contributed by atoms with van der Waals surface area (Å²) in [5.74, 6) is -0.516. The quantitative estimate of drug-likeness (QED) is 0.607. The van der Waals surface area contributed by atoms with Crippen LogP contribution in [0.5, 0.6) is 0 Å². The molecule has 20 heavy (non-hydrogen) atoms. The first-order valence-electron chi connectivity index (χ1n) is 6.84. The lowest BCUT2D eigenvalue weighted by molar-refractivity contribution is -0.151. The van der Waals surface area contributed by atoms with Crippen LogP contribution in [-0.4, -0.2) is 36.5 Å². The number of likely N-dealkylation sites (N-methyl/N-ethyl adjacent to an activating group) is 1. The van der Waals surface area contributed by atoms with Crippen molar-refractivity contribution in [3.63, 3.8) is 0 Å². The van der Waals surface area contributed by atoms with E-state index in [1.54, 1.807) is 17.0 Å². The second kappa shape index (κ2) is 8.19. The van der Waals surface area contributed by atoms with E-state index in [-0.39, 0.29) is 24.9 Å². The summed E-state index contributed by atoms with van der Waals surface area (Å²) in [5.41, 5.74) is 7.30. The number of carbonyl (C=O) groups excluding carboxylic acids is 2. The smallest absolute Gasteiger partial charge is 0.306 e. The van der Waals surface area contributed by atoms with Crippen LogP contribution in [0.15, 0.2) is 24.3 Å². The van der Waals surface area contributed by atoms with E-state index in [1.165, 1.54) is 0 Å². The van der Waals surface area contributed by atoms with Gasteiger partial charge < -0.3 is 15.4 Å². The van der Waals surface area contributed by atoms with Crippen molar-refractivity contribution in [1.29, 1.82) is 0 Å². The van der Waals surface area contributed by atoms with Crippen LogP contribution in [0, 0.1) is 0 Å². The first-order valence-corrected chi connectivity index (χ1v) is 6.84. The highest BCUT2D eigenvalue weighted by atomic mass is 16.5. The number of nitrogens with zero attached hydrogens (tertiary/aromatic N) is 1. The molecule has 1 aromatic carbocycles. The van der Waals surface area contributed by atoms with Gasteiger partial charge in [-0.3, -0.25) is 9.59 Å². The molecule has 0 heterocycles. The Kier molecular flexibility index (Phi) is 6.56. The highest BCUT2D eigenvalue weighted by molar-refractivity contribution is 5.80. The van der Waals surface area contributed by atoms with Gasteiger partial charge in [0.15, 0.2) is 6.61 Å². The lowest BCUT2D eigenvalue weighted by Crippen LogP contribution is -2.34. The number of hydrogen-bond acceptors (Lipinski definition) is 4. The Bertz CT molecular complexity index is 439. The molecular weight excluding hydrogens is 256 g/mol. The lowest BCUT2D eigenvalue weighted by Gasteiger charge is -2.18. The molecule has 5 heteroatoms. The molecule has 0 spiro atoms. The van der Waals surface area contributed by atoms with Crippen LogP contribution in [0.1, 0.15) is 25.8 Å². The summed E-state index contributed by atoms with van der Waals surface area (Å²) in [7, 11) is 0. The van der Waals surface area contributed by atoms with E-state index < -0.39 is 0 Å². The van der Waals surface area contributed by atoms with Crippen molar-refractivity contribution < 1.29 is 14.3 Å². The van der Waals surface area contributed by atoms with Crippen molar-refractivity contribution in [2.45, 2.75) is 26.7 Å². The fourth-order valence-electron chi connectivity index (χ4n) is 1.81. The van der Waals surface area contributed by atoms with E-state index in [2.05, 4.69) is 0 Å². The summed E-state index contributed by atoms with van der Waals surface area (Å²) >= 11 is 0. The van der Waals surface area contributed by atoms with Crippen LogP contribution in [0.3, 0.4) is 0 Å². The van der Waals surface area contributed by atoms with E-state index in [1.807, 2.05) is 26.0 Å². The predicted octanol–water partition coefficient (Wildman–Crippen LogP) is 1.61. The van der Waals surface area contributed by atoms with Gasteiger partial charge in [-0.05, 0) is 38.0 Å². The van der Waals surface area contributed by atoms with Gasteiger partial charge in [0.05, 0.1) is 0 Å². The van der Waals surface area contributed by atoms with Crippen LogP contribution in [0.2, 0.25) is 0 Å². The first kappa shape index (κ1) is 16.0. The Morgan fingerprint density at radius 3 is 2.30 bits per heavy atom. The summed E-state index contributed by atoms with van der Waals surface area (Å²) < 4.78 is 4.98. The third-order valence-corrected chi connectivity index (χ3v) is 3.07. The van der Waals surface area contributed by atoms with Gasteiger partial charge in [-0.15, -0.1) is 0 Å². The second-order valence-electron chi connectivity index (χ2n) is 4.47. The summed E-state index contributed by atoms with van der Waals surface area (Å²) in [6, 6.07) is 7.35. The second-order valence-corrected chi connectivity index (χ2v) is 4.47. The maximum atomic E-state index is 11.7. The van der Waals surface area contributed by atoms with Crippen molar-refractivity contribution in [2.24, 2.45) is 0 Å². The highest BCUT2D eigenvalue weighted by Gasteiger charge is 2.12. The number of nitrogen functional groups attached to an aromatic ring is 1. The van der Waals surface area contributed by atoms with Gasteiger partial charge in [-0.25, -0.2) is 0 Å². The summed E-state index contributed by atoms with van der Waals surface area (Å²) in [6.07, 6.45) is 0.841. The number of aryl methyl sites for hydroxylation is 1. The van der Waals surface area contributed by atoms with Crippen molar-refractivity contribution in [3.05, 3.63) is 29.8 Å². The molecule has 0 saturated carbocycles. The van der Waals surface area contributed by atoms with Crippen LogP contribution in [-0.2, 0) is 20.7 Å². The Hall–Kier alpha value is -2.04. The molecule has 1 aromatic rings. The first-order chi connectivity index (χ1) is 9.56. The van der Waals surface area contributed by atoms with E-state index in [0.29, 0.717) is 25.2 Å². The molecule has 0 aliphatic rings. The summed E-state index contributed by atoms with van der Waals surface area (Å²) in [5, 5.41) is 0. The number of hydrogen-bond donors (Lipinski definition) is 1. The molecular formula is C15H22N2O3. The van der Waals surface area contributed by atoms with Crippen molar-refractivity contribution in [3.8, 4) is 0 Å². The van der Waals surface area contributed by atoms with Gasteiger partial charge in [0.25, 0.3) is 5.91 Å². The molecule has 0 aliphatic carbocycles. The molecule has 0 radical (unpaired) electrons. The number of amides is 1. The monoisotopic (exact) mass is 278 g/mol. The molecule has 0 bridgehead atoms. The predicted molar refractivity (Wildman–Crippen MR) is 78.1 cm³/mol. The number of ether oxygens (including phenoxy) is 1. The minimum Gasteiger partial charge on any atom is -0.456 e. The van der Waals surface area contributed by atoms with Gasteiger partial charge in [-0.1, -0.05) is 12.1 Å². The largest absolute Gasteiger partial charge is 0.456 e. The summed E-state index contributed by atoms with van der Waals surface area (Å²) in [6.45, 7) is 4.85. The fraction of sp³-hybridized carbons (Fsp3) is 0.467. The zero-order valence-electron chi connectivity index (χ0n) is 12.1. The maximum absolute atomic E-state index is 11.7. The lowest BCUT2D eigenvalue weighted by atomic mass is 10.1. The third kappa shape index (κ3) is 5.30. The van der Waals surface area contributed by atoms with Crippen LogP contribution in [0.4, 0.5) is 5.69 Å². The number of benzene rings is 1. The number of esters is 1. The highest BCUT2D eigenvalue weighted by Crippen LogP contribution is 2.08. The molecule has 0 aromatic heterocycles. The Balaban J connectivity index is 2.30. The zero-order chi connectivity index (χ0) is 15.0. The normalized spacial score (nSPS) is 10.1. The number of anilines is 1. The topological polar surface area (TPSA) is 72.6 Å². The fourth-order valence-corrected chi connectivity index (χ4v) is 1.81. The van der Waals surface area contributed by atoms with E-state index in [9.17, 15) is 9.59 Å². The third-order valence-electron chi connectivity index (χ3n) is 3.07. The average molecular weight is 278 g/mol. The van der Waals surface area contributed by atoms with Crippen molar-refractivity contribution >= 4 is 17.6 Å². The molecule has 5 nitrogen and oxygen atoms in total. The maximum Gasteiger partial charge on any atom is 0.306 e. The minimum absolute atomic E-state index is 0.157. The van der Waals surface area contributed by atoms with E-state index in [4.69, 9.17) is 10.5 Å². The molecule has 1 amide bonds. The van der Waals surface area contributed by atoms with Crippen LogP contribution < -0.4 is 5.73 Å². The molecule has 110 valence electrons. The Morgan fingerprint density at radius 1 is 1.15 bits per heavy atom. The van der Waals surface area contributed by atoms with Gasteiger partial charge in [-0.2, -0.15) is 0 Å². The van der Waals surface area contributed by atoms with E-state index >= 15 is 0 Å². The number of nitrogens with two attached hydrogens (primary N) is 1. The van der Waals surface area contributed by atoms with Gasteiger partial charge in [0, 0.05) is 25.2 Å². The molecule has 2 N–H and O–H groups in total. The molecule has 0 fully saturated rings. The minimum atomic E-state index is -0.359. The molecule has 0 atom stereocenters. The van der Waals surface area contributed by atoms with Gasteiger partial charge in [0.1, 0.15) is 0 Å². The SMILES string of the molecule is CCN(CC)C(=O)COC(=O)CCc1ccc(N)cc1. The standard InChI is InChI=1S/C15H22N2O3/c1-3-17(4-2)14(18)11-20-15(19)10-7-12-5-8-13(16)9-6-12/h5-6,8-9H,3-4,7,10-11,16H2,1-2H3. The molecule has 0 aliphatic heterocycles. The average Bonchev–Trinajstić information content (AvgIpc) is 2.45. The summed E-state index contributed by atoms with van der Waals surface area (Å²) in [4.78, 5) is 24.9. The van der Waals surface area contributed by atoms with Crippen LogP contribution in [0.25, 0.3) is 0 Å². The van der Waals surface area contributed by atoms with Gasteiger partial charge in [0.2, 0.25) is 0 Å². The van der Waals surface area contributed by atoms with Crippen molar-refractivity contribution in [2.75, 3.05) is 25.4 Å². The van der Waals surface area contributed by atoms with Crippen LogP contribution >= 0.6 is 0 Å². The Morgan fingerprint density at radius 2 is 1.75 bits per heavy atom. The number of carbonyl (C=O) groups is 2. The molecule has 1 rings (SSSR count). The Labute approximate surface area is 119 Å². The van der Waals surface area contributed by atoms with Gasteiger partial charge >= 0.3 is 5.97 Å². The van der Waals surface area contributed by atoms with Crippen molar-refractivity contribution in [1.82, 2.24) is 4.90 Å². The molecule has 0 unspecified atom stereocenters. The van der Waals surface area contributed by atoms with E-state index in [0.717, 1.165) is 5.56 Å². The number of rotatable bonds is 7.